The summed E-state index contributed by atoms with van der Waals surface area (Å²) in [7, 11) is 0. The van der Waals surface area contributed by atoms with Crippen LogP contribution in [0.15, 0.2) is 0 Å². The molecule has 0 radical (unpaired) electrons. The summed E-state index contributed by atoms with van der Waals surface area (Å²) in [4.78, 5) is 13.0. The Bertz CT molecular complexity index is 287. The fraction of sp³-hybridized carbons (Fsp3) is 0.818. The van der Waals surface area contributed by atoms with Gasteiger partial charge in [-0.15, -0.1) is 0 Å². The molecule has 90 valence electrons. The largest absolute Gasteiger partial charge is 0.449 e. The molecule has 1 aliphatic heterocycles. The summed E-state index contributed by atoms with van der Waals surface area (Å²) in [5, 5.41) is 18.1. The average Bonchev–Trinajstić information content (AvgIpc) is 2.74. The third-order valence-corrected chi connectivity index (χ3v) is 2.88. The van der Waals surface area contributed by atoms with Crippen LogP contribution >= 0.6 is 0 Å². The van der Waals surface area contributed by atoms with Crippen molar-refractivity contribution < 1.29 is 14.6 Å². The van der Waals surface area contributed by atoms with Crippen LogP contribution in [0.2, 0.25) is 0 Å². The molecule has 1 saturated heterocycles. The van der Waals surface area contributed by atoms with Crippen molar-refractivity contribution in [3.63, 3.8) is 0 Å². The summed E-state index contributed by atoms with van der Waals surface area (Å²) in [6, 6.07) is 2.08. The summed E-state index contributed by atoms with van der Waals surface area (Å²) in [6.07, 6.45) is 1.97. The molecule has 1 rings (SSSR count). The lowest BCUT2D eigenvalue weighted by Crippen LogP contribution is -2.33. The standard InChI is InChI=1S/C11H18N2O3/c1-2-3-6-16-10(15)13-5-4-11(7-12,8-13)9-14/h14H,2-6,8-9H2,1H3. The van der Waals surface area contributed by atoms with Crippen LogP contribution in [0.3, 0.4) is 0 Å². The molecule has 0 aromatic carbocycles. The van der Waals surface area contributed by atoms with Gasteiger partial charge in [0.05, 0.1) is 24.7 Å². The molecule has 1 fully saturated rings. The number of carbonyl (C=O) groups is 1. The number of aliphatic hydroxyl groups excluding tert-OH is 1. The predicted octanol–water partition coefficient (Wildman–Crippen LogP) is 1.13. The number of carbonyl (C=O) groups excluding carboxylic acids is 1. The van der Waals surface area contributed by atoms with E-state index >= 15 is 0 Å². The Morgan fingerprint density at radius 2 is 2.44 bits per heavy atom. The van der Waals surface area contributed by atoms with Gasteiger partial charge >= 0.3 is 6.09 Å². The van der Waals surface area contributed by atoms with Crippen molar-refractivity contribution >= 4 is 6.09 Å². The minimum atomic E-state index is -0.788. The normalized spacial score (nSPS) is 24.2. The van der Waals surface area contributed by atoms with E-state index in [1.165, 1.54) is 4.90 Å². The molecule has 1 atom stereocenters. The molecular formula is C11H18N2O3. The molecule has 5 heteroatoms. The smallest absolute Gasteiger partial charge is 0.409 e. The molecule has 0 spiro atoms. The Balaban J connectivity index is 2.41. The second kappa shape index (κ2) is 5.71. The Labute approximate surface area is 95.6 Å². The fourth-order valence-corrected chi connectivity index (χ4v) is 1.68. The van der Waals surface area contributed by atoms with Crippen molar-refractivity contribution in [1.29, 1.82) is 5.26 Å². The number of rotatable bonds is 4. The maximum absolute atomic E-state index is 11.6. The molecule has 0 bridgehead atoms. The van der Waals surface area contributed by atoms with Gasteiger partial charge in [0.25, 0.3) is 0 Å². The zero-order valence-corrected chi connectivity index (χ0v) is 9.61. The first kappa shape index (κ1) is 12.8. The van der Waals surface area contributed by atoms with Crippen LogP contribution in [-0.2, 0) is 4.74 Å². The van der Waals surface area contributed by atoms with Crippen LogP contribution in [-0.4, -0.2) is 42.4 Å². The maximum Gasteiger partial charge on any atom is 0.409 e. The zero-order chi connectivity index (χ0) is 12.0. The van der Waals surface area contributed by atoms with Crippen LogP contribution in [0.25, 0.3) is 0 Å². The van der Waals surface area contributed by atoms with Gasteiger partial charge in [-0.3, -0.25) is 0 Å². The van der Waals surface area contributed by atoms with E-state index in [0.717, 1.165) is 12.8 Å². The molecule has 0 saturated carbocycles. The monoisotopic (exact) mass is 226 g/mol. The van der Waals surface area contributed by atoms with E-state index in [0.29, 0.717) is 19.6 Å². The second-order valence-corrected chi connectivity index (χ2v) is 4.19. The quantitative estimate of drug-likeness (QED) is 0.729. The van der Waals surface area contributed by atoms with Crippen molar-refractivity contribution in [1.82, 2.24) is 4.90 Å². The first-order valence-electron chi connectivity index (χ1n) is 5.61. The van der Waals surface area contributed by atoms with Crippen molar-refractivity contribution in [2.75, 3.05) is 26.3 Å². The average molecular weight is 226 g/mol. The van der Waals surface area contributed by atoms with E-state index in [9.17, 15) is 4.79 Å². The van der Waals surface area contributed by atoms with Gasteiger partial charge < -0.3 is 14.7 Å². The van der Waals surface area contributed by atoms with Crippen LogP contribution < -0.4 is 0 Å². The van der Waals surface area contributed by atoms with Gasteiger partial charge in [0, 0.05) is 13.1 Å². The Hall–Kier alpha value is -1.28. The number of aliphatic hydroxyl groups is 1. The Morgan fingerprint density at radius 1 is 1.69 bits per heavy atom. The van der Waals surface area contributed by atoms with Crippen molar-refractivity contribution in [3.05, 3.63) is 0 Å². The number of hydrogen-bond acceptors (Lipinski definition) is 4. The summed E-state index contributed by atoms with van der Waals surface area (Å²) < 4.78 is 5.04. The highest BCUT2D eigenvalue weighted by Gasteiger charge is 2.40. The predicted molar refractivity (Wildman–Crippen MR) is 57.6 cm³/mol. The van der Waals surface area contributed by atoms with Gasteiger partial charge in [0.2, 0.25) is 0 Å². The maximum atomic E-state index is 11.6. The van der Waals surface area contributed by atoms with Crippen molar-refractivity contribution in [2.24, 2.45) is 5.41 Å². The number of ether oxygens (including phenoxy) is 1. The summed E-state index contributed by atoms with van der Waals surface area (Å²) >= 11 is 0. The first-order chi connectivity index (χ1) is 7.67. The molecule has 1 N–H and O–H groups in total. The van der Waals surface area contributed by atoms with Gasteiger partial charge in [-0.05, 0) is 12.8 Å². The number of nitriles is 1. The highest BCUT2D eigenvalue weighted by Crippen LogP contribution is 2.29. The number of unbranched alkanes of at least 4 members (excludes halogenated alkanes) is 1. The van der Waals surface area contributed by atoms with E-state index < -0.39 is 5.41 Å². The zero-order valence-electron chi connectivity index (χ0n) is 9.61. The molecule has 1 amide bonds. The minimum absolute atomic E-state index is 0.206. The lowest BCUT2D eigenvalue weighted by atomic mass is 9.90. The van der Waals surface area contributed by atoms with Gasteiger partial charge in [-0.1, -0.05) is 13.3 Å². The Kier molecular flexibility index (Phi) is 4.56. The van der Waals surface area contributed by atoms with E-state index in [1.807, 2.05) is 6.92 Å². The van der Waals surface area contributed by atoms with Gasteiger partial charge in [-0.2, -0.15) is 5.26 Å². The highest BCUT2D eigenvalue weighted by molar-refractivity contribution is 5.68. The van der Waals surface area contributed by atoms with Crippen LogP contribution in [0.5, 0.6) is 0 Å². The molecule has 1 unspecified atom stereocenters. The summed E-state index contributed by atoms with van der Waals surface area (Å²) in [5.41, 5.74) is -0.788. The molecular weight excluding hydrogens is 208 g/mol. The van der Waals surface area contributed by atoms with Gasteiger partial charge in [0.15, 0.2) is 0 Å². The van der Waals surface area contributed by atoms with Crippen LogP contribution in [0, 0.1) is 16.7 Å². The first-order valence-corrected chi connectivity index (χ1v) is 5.61. The SMILES string of the molecule is CCCCOC(=O)N1CCC(C#N)(CO)C1. The second-order valence-electron chi connectivity index (χ2n) is 4.19. The summed E-state index contributed by atoms with van der Waals surface area (Å²) in [5.74, 6) is 0. The third-order valence-electron chi connectivity index (χ3n) is 2.88. The van der Waals surface area contributed by atoms with E-state index in [-0.39, 0.29) is 19.2 Å². The van der Waals surface area contributed by atoms with Crippen LogP contribution in [0.4, 0.5) is 4.79 Å². The van der Waals surface area contributed by atoms with Crippen LogP contribution in [0.1, 0.15) is 26.2 Å². The number of hydrogen-bond donors (Lipinski definition) is 1. The Morgan fingerprint density at radius 3 is 2.94 bits per heavy atom. The van der Waals surface area contributed by atoms with E-state index in [4.69, 9.17) is 15.1 Å². The van der Waals surface area contributed by atoms with E-state index in [2.05, 4.69) is 6.07 Å². The fourth-order valence-electron chi connectivity index (χ4n) is 1.68. The molecule has 1 heterocycles. The minimum Gasteiger partial charge on any atom is -0.449 e. The summed E-state index contributed by atoms with van der Waals surface area (Å²) in [6.45, 7) is 2.99. The van der Waals surface area contributed by atoms with Crippen molar-refractivity contribution in [2.45, 2.75) is 26.2 Å². The molecule has 0 aromatic heterocycles. The molecule has 1 aliphatic rings. The molecule has 0 aliphatic carbocycles. The molecule has 16 heavy (non-hydrogen) atoms. The lowest BCUT2D eigenvalue weighted by molar-refractivity contribution is 0.102. The third kappa shape index (κ3) is 2.86. The van der Waals surface area contributed by atoms with Gasteiger partial charge in [-0.25, -0.2) is 4.79 Å². The number of likely N-dealkylation sites (tertiary alicyclic amines) is 1. The highest BCUT2D eigenvalue weighted by atomic mass is 16.6. The molecule has 5 nitrogen and oxygen atoms in total. The van der Waals surface area contributed by atoms with Gasteiger partial charge in [0.1, 0.15) is 0 Å². The number of amides is 1. The topological polar surface area (TPSA) is 73.6 Å². The van der Waals surface area contributed by atoms with Crippen molar-refractivity contribution in [3.8, 4) is 6.07 Å². The lowest BCUT2D eigenvalue weighted by Gasteiger charge is -2.19. The number of nitrogens with zero attached hydrogens (tertiary/aromatic N) is 2. The molecule has 0 aromatic rings. The van der Waals surface area contributed by atoms with E-state index in [1.54, 1.807) is 0 Å².